The van der Waals surface area contributed by atoms with Crippen molar-refractivity contribution in [2.75, 3.05) is 0 Å². The van der Waals surface area contributed by atoms with Crippen LogP contribution in [0, 0.1) is 0 Å². The van der Waals surface area contributed by atoms with Crippen LogP contribution in [0.2, 0.25) is 0 Å². The van der Waals surface area contributed by atoms with E-state index in [0.717, 1.165) is 28.7 Å². The number of rotatable bonds is 4. The molecule has 1 saturated carbocycles. The molecule has 0 aliphatic heterocycles. The van der Waals surface area contributed by atoms with Crippen LogP contribution in [0.15, 0.2) is 28.7 Å². The summed E-state index contributed by atoms with van der Waals surface area (Å²) < 4.78 is 1.02. The molecule has 0 bridgehead atoms. The Balaban J connectivity index is 1.66. The van der Waals surface area contributed by atoms with Crippen molar-refractivity contribution in [2.24, 2.45) is 0 Å². The third kappa shape index (κ3) is 2.90. The maximum Gasteiger partial charge on any atom is 0.291 e. The summed E-state index contributed by atoms with van der Waals surface area (Å²) in [4.78, 5) is 16.3. The molecule has 1 aromatic heterocycles. The zero-order valence-electron chi connectivity index (χ0n) is 11.1. The lowest BCUT2D eigenvalue weighted by Gasteiger charge is -2.12. The summed E-state index contributed by atoms with van der Waals surface area (Å²) in [6.45, 7) is 1.94. The standard InChI is InChI=1S/C14H15BrN4O/c1-8(9-4-6-11(15)7-5-9)16-14(20)13-17-12(18-19-13)10-2-3-10/h4-8,10H,2-3H2,1H3,(H,16,20)(H,17,18,19)/t8-/m0/s1. The minimum absolute atomic E-state index is 0.0847. The van der Waals surface area contributed by atoms with Gasteiger partial charge in [0.05, 0.1) is 6.04 Å². The fourth-order valence-corrected chi connectivity index (χ4v) is 2.28. The van der Waals surface area contributed by atoms with E-state index in [2.05, 4.69) is 36.4 Å². The van der Waals surface area contributed by atoms with Crippen LogP contribution in [-0.4, -0.2) is 21.1 Å². The number of halogens is 1. The van der Waals surface area contributed by atoms with E-state index in [-0.39, 0.29) is 17.8 Å². The van der Waals surface area contributed by atoms with Gasteiger partial charge in [-0.25, -0.2) is 4.98 Å². The SMILES string of the molecule is C[C@H](NC(=O)c1n[nH]c(C2CC2)n1)c1ccc(Br)cc1. The number of nitrogens with zero attached hydrogens (tertiary/aromatic N) is 2. The molecule has 20 heavy (non-hydrogen) atoms. The lowest BCUT2D eigenvalue weighted by molar-refractivity contribution is 0.0929. The molecule has 1 fully saturated rings. The minimum Gasteiger partial charge on any atom is -0.343 e. The Bertz CT molecular complexity index is 618. The second kappa shape index (κ2) is 5.36. The highest BCUT2D eigenvalue weighted by Crippen LogP contribution is 2.37. The van der Waals surface area contributed by atoms with E-state index in [1.165, 1.54) is 0 Å². The van der Waals surface area contributed by atoms with Gasteiger partial charge in [0, 0.05) is 10.4 Å². The van der Waals surface area contributed by atoms with Gasteiger partial charge in [0.2, 0.25) is 5.82 Å². The molecule has 1 aromatic carbocycles. The minimum atomic E-state index is -0.247. The predicted molar refractivity (Wildman–Crippen MR) is 78.4 cm³/mol. The van der Waals surface area contributed by atoms with Crippen LogP contribution in [0.3, 0.4) is 0 Å². The second-order valence-corrected chi connectivity index (χ2v) is 5.98. The molecule has 1 aliphatic rings. The average molecular weight is 335 g/mol. The summed E-state index contributed by atoms with van der Waals surface area (Å²) in [5.74, 6) is 1.26. The number of benzene rings is 1. The van der Waals surface area contributed by atoms with Crippen LogP contribution in [0.5, 0.6) is 0 Å². The normalized spacial score (nSPS) is 15.9. The van der Waals surface area contributed by atoms with Crippen molar-refractivity contribution in [1.29, 1.82) is 0 Å². The number of aromatic amines is 1. The summed E-state index contributed by atoms with van der Waals surface area (Å²) in [6.07, 6.45) is 2.26. The van der Waals surface area contributed by atoms with E-state index in [9.17, 15) is 4.79 Å². The highest BCUT2D eigenvalue weighted by atomic mass is 79.9. The number of hydrogen-bond donors (Lipinski definition) is 2. The van der Waals surface area contributed by atoms with E-state index in [1.54, 1.807) is 0 Å². The lowest BCUT2D eigenvalue weighted by atomic mass is 10.1. The fraction of sp³-hybridized carbons (Fsp3) is 0.357. The Morgan fingerprint density at radius 3 is 2.75 bits per heavy atom. The number of H-pyrrole nitrogens is 1. The van der Waals surface area contributed by atoms with Gasteiger partial charge in [-0.1, -0.05) is 28.1 Å². The molecular weight excluding hydrogens is 320 g/mol. The Labute approximate surface area is 125 Å². The molecule has 0 spiro atoms. The smallest absolute Gasteiger partial charge is 0.291 e. The molecule has 1 amide bonds. The van der Waals surface area contributed by atoms with Gasteiger partial charge in [-0.15, -0.1) is 5.10 Å². The van der Waals surface area contributed by atoms with Gasteiger partial charge in [0.15, 0.2) is 0 Å². The summed E-state index contributed by atoms with van der Waals surface area (Å²) in [5, 5.41) is 9.73. The Hall–Kier alpha value is -1.69. The van der Waals surface area contributed by atoms with Gasteiger partial charge in [-0.2, -0.15) is 0 Å². The predicted octanol–water partition coefficient (Wildman–Crippen LogP) is 2.94. The molecule has 0 unspecified atom stereocenters. The molecule has 5 nitrogen and oxygen atoms in total. The first-order valence-corrected chi connectivity index (χ1v) is 7.41. The van der Waals surface area contributed by atoms with Gasteiger partial charge in [-0.05, 0) is 37.5 Å². The molecular formula is C14H15BrN4O. The van der Waals surface area contributed by atoms with Crippen LogP contribution in [-0.2, 0) is 0 Å². The van der Waals surface area contributed by atoms with Crippen LogP contribution < -0.4 is 5.32 Å². The van der Waals surface area contributed by atoms with Crippen LogP contribution in [0.1, 0.15) is 53.7 Å². The van der Waals surface area contributed by atoms with Crippen molar-refractivity contribution >= 4 is 21.8 Å². The zero-order valence-corrected chi connectivity index (χ0v) is 12.6. The molecule has 104 valence electrons. The highest BCUT2D eigenvalue weighted by Gasteiger charge is 2.28. The van der Waals surface area contributed by atoms with E-state index in [4.69, 9.17) is 0 Å². The third-order valence-corrected chi connectivity index (χ3v) is 3.92. The first kappa shape index (κ1) is 13.3. The van der Waals surface area contributed by atoms with E-state index < -0.39 is 0 Å². The first-order chi connectivity index (χ1) is 9.63. The largest absolute Gasteiger partial charge is 0.343 e. The van der Waals surface area contributed by atoms with E-state index in [1.807, 2.05) is 31.2 Å². The monoisotopic (exact) mass is 334 g/mol. The summed E-state index contributed by atoms with van der Waals surface area (Å²) in [7, 11) is 0. The van der Waals surface area contributed by atoms with E-state index in [0.29, 0.717) is 5.92 Å². The van der Waals surface area contributed by atoms with Crippen LogP contribution in [0.4, 0.5) is 0 Å². The number of aromatic nitrogens is 3. The highest BCUT2D eigenvalue weighted by molar-refractivity contribution is 9.10. The van der Waals surface area contributed by atoms with Gasteiger partial charge >= 0.3 is 0 Å². The van der Waals surface area contributed by atoms with Crippen molar-refractivity contribution in [1.82, 2.24) is 20.5 Å². The number of hydrogen-bond acceptors (Lipinski definition) is 3. The molecule has 0 radical (unpaired) electrons. The van der Waals surface area contributed by atoms with Gasteiger partial charge < -0.3 is 5.32 Å². The van der Waals surface area contributed by atoms with Crippen molar-refractivity contribution in [3.05, 3.63) is 46.0 Å². The van der Waals surface area contributed by atoms with Crippen molar-refractivity contribution < 1.29 is 4.79 Å². The van der Waals surface area contributed by atoms with Crippen LogP contribution >= 0.6 is 15.9 Å². The van der Waals surface area contributed by atoms with Gasteiger partial charge in [0.25, 0.3) is 5.91 Å². The van der Waals surface area contributed by atoms with Crippen LogP contribution in [0.25, 0.3) is 0 Å². The molecule has 1 heterocycles. The topological polar surface area (TPSA) is 70.7 Å². The summed E-state index contributed by atoms with van der Waals surface area (Å²) in [6, 6.07) is 7.77. The molecule has 1 atom stereocenters. The molecule has 2 aromatic rings. The Kier molecular flexibility index (Phi) is 3.56. The summed E-state index contributed by atoms with van der Waals surface area (Å²) >= 11 is 3.39. The molecule has 6 heteroatoms. The maximum atomic E-state index is 12.1. The number of carbonyl (C=O) groups is 1. The third-order valence-electron chi connectivity index (χ3n) is 3.39. The Morgan fingerprint density at radius 2 is 2.10 bits per heavy atom. The fourth-order valence-electron chi connectivity index (χ4n) is 2.01. The van der Waals surface area contributed by atoms with Crippen molar-refractivity contribution in [3.63, 3.8) is 0 Å². The molecule has 2 N–H and O–H groups in total. The van der Waals surface area contributed by atoms with Gasteiger partial charge in [0.1, 0.15) is 5.82 Å². The molecule has 0 saturated heterocycles. The van der Waals surface area contributed by atoms with Crippen molar-refractivity contribution in [2.45, 2.75) is 31.7 Å². The average Bonchev–Trinajstić information content (AvgIpc) is 3.17. The molecule has 3 rings (SSSR count). The lowest BCUT2D eigenvalue weighted by Crippen LogP contribution is -2.27. The number of amides is 1. The number of carbonyl (C=O) groups excluding carboxylic acids is 1. The quantitative estimate of drug-likeness (QED) is 0.902. The second-order valence-electron chi connectivity index (χ2n) is 5.07. The van der Waals surface area contributed by atoms with Crippen molar-refractivity contribution in [3.8, 4) is 0 Å². The van der Waals surface area contributed by atoms with Gasteiger partial charge in [-0.3, -0.25) is 9.89 Å². The van der Waals surface area contributed by atoms with E-state index >= 15 is 0 Å². The maximum absolute atomic E-state index is 12.1. The Morgan fingerprint density at radius 1 is 1.40 bits per heavy atom. The first-order valence-electron chi connectivity index (χ1n) is 6.62. The number of nitrogens with one attached hydrogen (secondary N) is 2. The zero-order chi connectivity index (χ0) is 14.1. The molecule has 1 aliphatic carbocycles. The summed E-state index contributed by atoms with van der Waals surface area (Å²) in [5.41, 5.74) is 1.04.